The molecule has 0 saturated carbocycles. The van der Waals surface area contributed by atoms with E-state index in [1.165, 1.54) is 0 Å². The second-order valence-corrected chi connectivity index (χ2v) is 6.01. The van der Waals surface area contributed by atoms with Crippen molar-refractivity contribution in [2.45, 2.75) is 12.7 Å². The third-order valence-corrected chi connectivity index (χ3v) is 3.56. The van der Waals surface area contributed by atoms with E-state index >= 15 is 0 Å². The summed E-state index contributed by atoms with van der Waals surface area (Å²) in [5, 5.41) is 2.32. The van der Waals surface area contributed by atoms with Gasteiger partial charge in [-0.1, -0.05) is 6.92 Å². The van der Waals surface area contributed by atoms with Crippen LogP contribution in [-0.2, 0) is 9.13 Å². The molecule has 0 aliphatic carbocycles. The lowest BCUT2D eigenvalue weighted by atomic mass is 10.6. The predicted molar refractivity (Wildman–Crippen MR) is 46.4 cm³/mol. The summed E-state index contributed by atoms with van der Waals surface area (Å²) in [6.07, 6.45) is -0.856. The molecule has 0 spiro atoms. The Labute approximate surface area is 75.5 Å². The second kappa shape index (κ2) is 4.66. The molecule has 0 amide bonds. The Morgan fingerprint density at radius 2 is 1.69 bits per heavy atom. The van der Waals surface area contributed by atoms with Gasteiger partial charge < -0.3 is 24.9 Å². The SMILES string of the molecule is CCNC(CP(=O)(O)O)P(=O)(O)O. The van der Waals surface area contributed by atoms with E-state index in [2.05, 4.69) is 5.32 Å². The minimum absolute atomic E-state index is 0.232. The molecule has 0 rings (SSSR count). The topological polar surface area (TPSA) is 127 Å². The van der Waals surface area contributed by atoms with Crippen molar-refractivity contribution in [1.82, 2.24) is 5.32 Å². The first-order chi connectivity index (χ1) is 5.67. The van der Waals surface area contributed by atoms with Gasteiger partial charge in [0, 0.05) is 0 Å². The lowest BCUT2D eigenvalue weighted by Crippen LogP contribution is -2.32. The fourth-order valence-electron chi connectivity index (χ4n) is 0.751. The molecule has 13 heavy (non-hydrogen) atoms. The zero-order valence-corrected chi connectivity index (χ0v) is 8.78. The van der Waals surface area contributed by atoms with Gasteiger partial charge in [-0.2, -0.15) is 0 Å². The molecule has 7 nitrogen and oxygen atoms in total. The van der Waals surface area contributed by atoms with E-state index in [4.69, 9.17) is 19.6 Å². The Hall–Kier alpha value is 0.260. The van der Waals surface area contributed by atoms with Gasteiger partial charge in [-0.15, -0.1) is 0 Å². The maximum absolute atomic E-state index is 10.7. The first kappa shape index (κ1) is 13.3. The van der Waals surface area contributed by atoms with Gasteiger partial charge in [-0.25, -0.2) is 0 Å². The minimum atomic E-state index is -4.49. The molecular formula is C4H13NO6P2. The van der Waals surface area contributed by atoms with Crippen LogP contribution in [0.25, 0.3) is 0 Å². The van der Waals surface area contributed by atoms with Gasteiger partial charge in [0.15, 0.2) is 0 Å². The van der Waals surface area contributed by atoms with Crippen molar-refractivity contribution in [2.75, 3.05) is 12.7 Å². The van der Waals surface area contributed by atoms with Gasteiger partial charge in [-0.05, 0) is 6.54 Å². The van der Waals surface area contributed by atoms with E-state index < -0.39 is 27.1 Å². The van der Waals surface area contributed by atoms with E-state index in [1.54, 1.807) is 6.92 Å². The van der Waals surface area contributed by atoms with Crippen LogP contribution in [0.4, 0.5) is 0 Å². The van der Waals surface area contributed by atoms with Crippen LogP contribution in [0.2, 0.25) is 0 Å². The summed E-state index contributed by atoms with van der Waals surface area (Å²) in [4.78, 5) is 34.4. The zero-order chi connectivity index (χ0) is 10.7. The summed E-state index contributed by atoms with van der Waals surface area (Å²) in [7, 11) is -8.89. The zero-order valence-electron chi connectivity index (χ0n) is 6.99. The van der Waals surface area contributed by atoms with Crippen molar-refractivity contribution in [3.63, 3.8) is 0 Å². The van der Waals surface area contributed by atoms with E-state index in [-0.39, 0.29) is 6.54 Å². The molecule has 0 radical (unpaired) electrons. The lowest BCUT2D eigenvalue weighted by Gasteiger charge is -2.19. The average Bonchev–Trinajstić information content (AvgIpc) is 1.81. The molecule has 0 fully saturated rings. The molecule has 1 unspecified atom stereocenters. The molecule has 0 aromatic heterocycles. The molecule has 0 aliphatic heterocycles. The van der Waals surface area contributed by atoms with Crippen molar-refractivity contribution in [2.24, 2.45) is 0 Å². The maximum atomic E-state index is 10.7. The van der Waals surface area contributed by atoms with Crippen LogP contribution in [0.1, 0.15) is 6.92 Å². The molecule has 0 saturated heterocycles. The largest absolute Gasteiger partial charge is 0.342 e. The van der Waals surface area contributed by atoms with Gasteiger partial charge in [0.2, 0.25) is 0 Å². The molecule has 0 aliphatic rings. The molecule has 0 aromatic rings. The smallest absolute Gasteiger partial charge is 0.324 e. The molecular weight excluding hydrogens is 220 g/mol. The highest BCUT2D eigenvalue weighted by Gasteiger charge is 2.33. The van der Waals surface area contributed by atoms with Gasteiger partial charge >= 0.3 is 15.2 Å². The number of hydrogen-bond donors (Lipinski definition) is 5. The Bertz CT molecular complexity index is 243. The molecule has 9 heteroatoms. The summed E-state index contributed by atoms with van der Waals surface area (Å²) in [6.45, 7) is 1.82. The minimum Gasteiger partial charge on any atom is -0.324 e. The van der Waals surface area contributed by atoms with Crippen LogP contribution >= 0.6 is 15.2 Å². The van der Waals surface area contributed by atoms with Crippen molar-refractivity contribution < 1.29 is 28.7 Å². The Kier molecular flexibility index (Phi) is 4.76. The van der Waals surface area contributed by atoms with Crippen molar-refractivity contribution in [3.8, 4) is 0 Å². The molecule has 0 aromatic carbocycles. The van der Waals surface area contributed by atoms with Crippen LogP contribution in [-0.4, -0.2) is 38.1 Å². The van der Waals surface area contributed by atoms with Gasteiger partial charge in [0.1, 0.15) is 5.78 Å². The summed E-state index contributed by atoms with van der Waals surface area (Å²) in [5.74, 6) is -1.47. The third kappa shape index (κ3) is 6.35. The normalized spacial score (nSPS) is 15.8. The monoisotopic (exact) mass is 233 g/mol. The van der Waals surface area contributed by atoms with Gasteiger partial charge in [-0.3, -0.25) is 9.13 Å². The van der Waals surface area contributed by atoms with E-state index in [0.29, 0.717) is 0 Å². The highest BCUT2D eigenvalue weighted by atomic mass is 31.2. The van der Waals surface area contributed by atoms with Crippen molar-refractivity contribution in [1.29, 1.82) is 0 Å². The quantitative estimate of drug-likeness (QED) is 0.396. The highest BCUT2D eigenvalue weighted by Crippen LogP contribution is 2.47. The van der Waals surface area contributed by atoms with Gasteiger partial charge in [0.05, 0.1) is 6.16 Å². The summed E-state index contributed by atoms with van der Waals surface area (Å²) in [6, 6.07) is 0. The average molecular weight is 233 g/mol. The Morgan fingerprint density at radius 3 is 1.92 bits per heavy atom. The lowest BCUT2D eigenvalue weighted by molar-refractivity contribution is 0.337. The first-order valence-electron chi connectivity index (χ1n) is 3.50. The Balaban J connectivity index is 4.46. The second-order valence-electron chi connectivity index (χ2n) is 2.51. The predicted octanol–water partition coefficient (Wildman–Crippen LogP) is -0.723. The third-order valence-electron chi connectivity index (χ3n) is 1.26. The summed E-state index contributed by atoms with van der Waals surface area (Å²) in [5.41, 5.74) is 0. The van der Waals surface area contributed by atoms with Crippen LogP contribution in [0, 0.1) is 0 Å². The van der Waals surface area contributed by atoms with Crippen LogP contribution in [0.15, 0.2) is 0 Å². The van der Waals surface area contributed by atoms with Crippen molar-refractivity contribution in [3.05, 3.63) is 0 Å². The standard InChI is InChI=1S/C4H13NO6P2/c1-2-5-4(13(9,10)11)3-12(6,7)8/h4-5H,2-3H2,1H3,(H2,6,7,8)(H2,9,10,11). The van der Waals surface area contributed by atoms with E-state index in [1.807, 2.05) is 0 Å². The molecule has 0 bridgehead atoms. The summed E-state index contributed by atoms with van der Waals surface area (Å²) < 4.78 is 21.2. The Morgan fingerprint density at radius 1 is 1.23 bits per heavy atom. The van der Waals surface area contributed by atoms with Crippen LogP contribution in [0.5, 0.6) is 0 Å². The number of rotatable bonds is 5. The fourth-order valence-corrected chi connectivity index (χ4v) is 3.24. The molecule has 1 atom stereocenters. The molecule has 5 N–H and O–H groups in total. The van der Waals surface area contributed by atoms with Crippen LogP contribution < -0.4 is 5.32 Å². The van der Waals surface area contributed by atoms with Crippen molar-refractivity contribution >= 4 is 15.2 Å². The molecule has 80 valence electrons. The van der Waals surface area contributed by atoms with Gasteiger partial charge in [0.25, 0.3) is 0 Å². The summed E-state index contributed by atoms with van der Waals surface area (Å²) >= 11 is 0. The molecule has 0 heterocycles. The van der Waals surface area contributed by atoms with E-state index in [0.717, 1.165) is 0 Å². The number of nitrogens with one attached hydrogen (secondary N) is 1. The number of hydrogen-bond acceptors (Lipinski definition) is 3. The maximum Gasteiger partial charge on any atom is 0.342 e. The van der Waals surface area contributed by atoms with Crippen LogP contribution in [0.3, 0.4) is 0 Å². The van der Waals surface area contributed by atoms with E-state index in [9.17, 15) is 9.13 Å². The fraction of sp³-hybridized carbons (Fsp3) is 1.00. The first-order valence-corrected chi connectivity index (χ1v) is 6.98. The highest BCUT2D eigenvalue weighted by molar-refractivity contribution is 7.56.